The molecule has 4 heteroatoms. The smallest absolute Gasteiger partial charge is 0.173 e. The van der Waals surface area contributed by atoms with E-state index in [1.165, 1.54) is 0 Å². The van der Waals surface area contributed by atoms with E-state index < -0.39 is 0 Å². The summed E-state index contributed by atoms with van der Waals surface area (Å²) in [5, 5.41) is 2.79. The molecule has 0 bridgehead atoms. The highest BCUT2D eigenvalue weighted by Gasteiger charge is 2.15. The van der Waals surface area contributed by atoms with Gasteiger partial charge in [0.2, 0.25) is 0 Å². The number of hydrogen-bond acceptors (Lipinski definition) is 2. The van der Waals surface area contributed by atoms with E-state index in [0.717, 1.165) is 43.7 Å². The van der Waals surface area contributed by atoms with Crippen molar-refractivity contribution in [3.63, 3.8) is 0 Å². The summed E-state index contributed by atoms with van der Waals surface area (Å²) >= 11 is 11.0. The molecular formula is C14H14BrClOS. The van der Waals surface area contributed by atoms with E-state index in [-0.39, 0.29) is 5.78 Å². The van der Waals surface area contributed by atoms with Crippen LogP contribution in [0, 0.1) is 6.92 Å². The van der Waals surface area contributed by atoms with E-state index in [9.17, 15) is 4.79 Å². The molecule has 2 rings (SSSR count). The number of ketones is 1. The molecule has 0 aliphatic carbocycles. The summed E-state index contributed by atoms with van der Waals surface area (Å²) in [6, 6.07) is 5.81. The molecule has 0 fully saturated rings. The molecule has 0 saturated heterocycles. The Hall–Kier alpha value is -0.380. The molecule has 2 aromatic rings. The quantitative estimate of drug-likeness (QED) is 0.391. The average molecular weight is 346 g/mol. The van der Waals surface area contributed by atoms with Crippen LogP contribution in [0.1, 0.15) is 34.5 Å². The maximum absolute atomic E-state index is 12.2. The Labute approximate surface area is 124 Å². The summed E-state index contributed by atoms with van der Waals surface area (Å²) < 4.78 is 1.14. The van der Waals surface area contributed by atoms with Crippen LogP contribution in [0.3, 0.4) is 0 Å². The standard InChI is InChI=1S/C14H14BrClOS/c1-9-11-8-10(16)5-6-13(11)18-14(9)12(17)4-2-3-7-15/h5-6,8H,2-4,7H2,1H3. The van der Waals surface area contributed by atoms with Crippen molar-refractivity contribution < 1.29 is 4.79 Å². The lowest BCUT2D eigenvalue weighted by Gasteiger charge is -1.98. The molecular weight excluding hydrogens is 332 g/mol. The van der Waals surface area contributed by atoms with Gasteiger partial charge in [-0.3, -0.25) is 4.79 Å². The van der Waals surface area contributed by atoms with Gasteiger partial charge in [0.05, 0.1) is 4.88 Å². The van der Waals surface area contributed by atoms with Crippen LogP contribution in [-0.2, 0) is 0 Å². The largest absolute Gasteiger partial charge is 0.293 e. The Kier molecular flexibility index (Phi) is 4.82. The van der Waals surface area contributed by atoms with Gasteiger partial charge in [0, 0.05) is 21.5 Å². The van der Waals surface area contributed by atoms with Crippen molar-refractivity contribution in [1.29, 1.82) is 0 Å². The van der Waals surface area contributed by atoms with Crippen LogP contribution in [0.25, 0.3) is 10.1 Å². The Balaban J connectivity index is 2.28. The molecule has 0 aliphatic heterocycles. The van der Waals surface area contributed by atoms with Gasteiger partial charge in [-0.15, -0.1) is 11.3 Å². The van der Waals surface area contributed by atoms with Crippen LogP contribution < -0.4 is 0 Å². The molecule has 1 nitrogen and oxygen atoms in total. The first-order valence-electron chi connectivity index (χ1n) is 5.91. The van der Waals surface area contributed by atoms with Gasteiger partial charge in [-0.05, 0) is 48.9 Å². The topological polar surface area (TPSA) is 17.1 Å². The van der Waals surface area contributed by atoms with E-state index >= 15 is 0 Å². The fraction of sp³-hybridized carbons (Fsp3) is 0.357. The summed E-state index contributed by atoms with van der Waals surface area (Å²) in [4.78, 5) is 13.0. The SMILES string of the molecule is Cc1c(C(=O)CCCCBr)sc2ccc(Cl)cc12. The van der Waals surface area contributed by atoms with E-state index in [0.29, 0.717) is 6.42 Å². The lowest BCUT2D eigenvalue weighted by atomic mass is 10.1. The summed E-state index contributed by atoms with van der Waals surface area (Å²) in [5.74, 6) is 0.255. The van der Waals surface area contributed by atoms with Gasteiger partial charge < -0.3 is 0 Å². The van der Waals surface area contributed by atoms with E-state index in [4.69, 9.17) is 11.6 Å². The number of Topliss-reactive ketones (excluding diaryl/α,β-unsaturated/α-hetero) is 1. The zero-order valence-corrected chi connectivity index (χ0v) is 13.3. The number of unbranched alkanes of at least 4 members (excludes halogenated alkanes) is 1. The number of aryl methyl sites for hydroxylation is 1. The molecule has 96 valence electrons. The third-order valence-corrected chi connectivity index (χ3v) is 5.05. The number of fused-ring (bicyclic) bond motifs is 1. The van der Waals surface area contributed by atoms with Crippen molar-refractivity contribution in [2.24, 2.45) is 0 Å². The summed E-state index contributed by atoms with van der Waals surface area (Å²) in [7, 11) is 0. The number of rotatable bonds is 5. The molecule has 0 atom stereocenters. The normalized spacial score (nSPS) is 11.1. The predicted octanol–water partition coefficient (Wildman–Crippen LogP) is 5.61. The molecule has 0 spiro atoms. The van der Waals surface area contributed by atoms with Crippen molar-refractivity contribution in [2.75, 3.05) is 5.33 Å². The lowest BCUT2D eigenvalue weighted by Crippen LogP contribution is -1.98. The molecule has 0 saturated carbocycles. The first-order valence-corrected chi connectivity index (χ1v) is 8.23. The highest BCUT2D eigenvalue weighted by molar-refractivity contribution is 9.09. The van der Waals surface area contributed by atoms with Crippen molar-refractivity contribution in [3.05, 3.63) is 33.7 Å². The van der Waals surface area contributed by atoms with Crippen molar-refractivity contribution in [1.82, 2.24) is 0 Å². The summed E-state index contributed by atoms with van der Waals surface area (Å²) in [6.07, 6.45) is 2.62. The number of carbonyl (C=O) groups is 1. The number of hydrogen-bond donors (Lipinski definition) is 0. The Morgan fingerprint density at radius 3 is 2.89 bits per heavy atom. The molecule has 1 aromatic heterocycles. The molecule has 0 radical (unpaired) electrons. The summed E-state index contributed by atoms with van der Waals surface area (Å²) in [6.45, 7) is 2.01. The first-order chi connectivity index (χ1) is 8.63. The van der Waals surface area contributed by atoms with E-state index in [2.05, 4.69) is 15.9 Å². The minimum atomic E-state index is 0.255. The lowest BCUT2D eigenvalue weighted by molar-refractivity contribution is 0.0983. The minimum absolute atomic E-state index is 0.255. The Bertz CT molecular complexity index is 576. The fourth-order valence-corrected chi connectivity index (χ4v) is 3.68. The maximum atomic E-state index is 12.2. The number of alkyl halides is 1. The molecule has 0 unspecified atom stereocenters. The highest BCUT2D eigenvalue weighted by atomic mass is 79.9. The van der Waals surface area contributed by atoms with Gasteiger partial charge in [-0.25, -0.2) is 0 Å². The second-order valence-corrected chi connectivity index (χ2v) is 6.55. The number of carbonyl (C=O) groups excluding carboxylic acids is 1. The van der Waals surface area contributed by atoms with Crippen LogP contribution >= 0.6 is 38.9 Å². The van der Waals surface area contributed by atoms with Crippen molar-refractivity contribution in [2.45, 2.75) is 26.2 Å². The van der Waals surface area contributed by atoms with Gasteiger partial charge in [-0.2, -0.15) is 0 Å². The van der Waals surface area contributed by atoms with E-state index in [1.54, 1.807) is 11.3 Å². The van der Waals surface area contributed by atoms with Gasteiger partial charge in [-0.1, -0.05) is 27.5 Å². The number of benzene rings is 1. The number of thiophene rings is 1. The van der Waals surface area contributed by atoms with Crippen molar-refractivity contribution in [3.8, 4) is 0 Å². The van der Waals surface area contributed by atoms with Crippen LogP contribution in [-0.4, -0.2) is 11.1 Å². The molecule has 0 N–H and O–H groups in total. The monoisotopic (exact) mass is 344 g/mol. The van der Waals surface area contributed by atoms with Gasteiger partial charge in [0.15, 0.2) is 5.78 Å². The fourth-order valence-electron chi connectivity index (χ4n) is 1.95. The van der Waals surface area contributed by atoms with Crippen LogP contribution in [0.5, 0.6) is 0 Å². The first kappa shape index (κ1) is 14.0. The molecule has 0 amide bonds. The van der Waals surface area contributed by atoms with Crippen LogP contribution in [0.2, 0.25) is 5.02 Å². The minimum Gasteiger partial charge on any atom is -0.293 e. The summed E-state index contributed by atoms with van der Waals surface area (Å²) in [5.41, 5.74) is 1.07. The molecule has 1 heterocycles. The Morgan fingerprint density at radius 1 is 1.39 bits per heavy atom. The predicted molar refractivity (Wildman–Crippen MR) is 83.5 cm³/mol. The zero-order chi connectivity index (χ0) is 13.1. The van der Waals surface area contributed by atoms with Gasteiger partial charge >= 0.3 is 0 Å². The third-order valence-electron chi connectivity index (χ3n) is 2.94. The zero-order valence-electron chi connectivity index (χ0n) is 10.1. The molecule has 1 aromatic carbocycles. The van der Waals surface area contributed by atoms with Gasteiger partial charge in [0.1, 0.15) is 0 Å². The second-order valence-electron chi connectivity index (χ2n) is 4.27. The van der Waals surface area contributed by atoms with E-state index in [1.807, 2.05) is 25.1 Å². The average Bonchev–Trinajstić information content (AvgIpc) is 2.67. The highest BCUT2D eigenvalue weighted by Crippen LogP contribution is 2.33. The number of halogens is 2. The van der Waals surface area contributed by atoms with Gasteiger partial charge in [0.25, 0.3) is 0 Å². The second kappa shape index (κ2) is 6.18. The van der Waals surface area contributed by atoms with Crippen LogP contribution in [0.4, 0.5) is 0 Å². The van der Waals surface area contributed by atoms with Crippen molar-refractivity contribution >= 4 is 54.7 Å². The Morgan fingerprint density at radius 2 is 2.17 bits per heavy atom. The molecule has 18 heavy (non-hydrogen) atoms. The third kappa shape index (κ3) is 2.95. The molecule has 0 aliphatic rings. The van der Waals surface area contributed by atoms with Crippen LogP contribution in [0.15, 0.2) is 18.2 Å². The maximum Gasteiger partial charge on any atom is 0.173 e.